The second-order valence-corrected chi connectivity index (χ2v) is 4.39. The van der Waals surface area contributed by atoms with E-state index in [0.29, 0.717) is 0 Å². The summed E-state index contributed by atoms with van der Waals surface area (Å²) >= 11 is 3.39. The molecule has 1 rings (SSSR count). The van der Waals surface area contributed by atoms with Gasteiger partial charge >= 0.3 is 0 Å². The van der Waals surface area contributed by atoms with Crippen LogP contribution in [0.25, 0.3) is 0 Å². The van der Waals surface area contributed by atoms with Gasteiger partial charge in [-0.05, 0) is 48.3 Å². The first-order valence-electron chi connectivity index (χ1n) is 3.83. The van der Waals surface area contributed by atoms with Gasteiger partial charge in [0.15, 0.2) is 0 Å². The molecule has 66 valence electrons. The van der Waals surface area contributed by atoms with E-state index < -0.39 is 0 Å². The summed E-state index contributed by atoms with van der Waals surface area (Å²) in [6, 6.07) is 2.00. The molecule has 0 unspecified atom stereocenters. The summed E-state index contributed by atoms with van der Waals surface area (Å²) in [5.41, 5.74) is 7.63. The van der Waals surface area contributed by atoms with Crippen LogP contribution in [0.15, 0.2) is 16.7 Å². The summed E-state index contributed by atoms with van der Waals surface area (Å²) in [4.78, 5) is 4.24. The van der Waals surface area contributed by atoms with Crippen LogP contribution in [0.4, 0.5) is 0 Å². The number of aryl methyl sites for hydroxylation is 1. The number of nitrogens with two attached hydrogens (primary N) is 1. The van der Waals surface area contributed by atoms with E-state index in [0.717, 1.165) is 10.2 Å². The summed E-state index contributed by atoms with van der Waals surface area (Å²) in [5, 5.41) is 0. The van der Waals surface area contributed by atoms with Crippen molar-refractivity contribution in [2.45, 2.75) is 26.3 Å². The lowest BCUT2D eigenvalue weighted by Gasteiger charge is -2.18. The second kappa shape index (κ2) is 3.15. The summed E-state index contributed by atoms with van der Waals surface area (Å²) in [5.74, 6) is 0. The molecule has 3 heteroatoms. The molecule has 0 amide bonds. The molecule has 0 spiro atoms. The molecular formula is C9H13BrN2. The largest absolute Gasteiger partial charge is 0.321 e. The first-order valence-corrected chi connectivity index (χ1v) is 4.62. The summed E-state index contributed by atoms with van der Waals surface area (Å²) in [6.45, 7) is 5.92. The van der Waals surface area contributed by atoms with Crippen LogP contribution in [0.1, 0.15) is 25.1 Å². The summed E-state index contributed by atoms with van der Waals surface area (Å²) in [6.07, 6.45) is 1.79. The van der Waals surface area contributed by atoms with E-state index >= 15 is 0 Å². The second-order valence-electron chi connectivity index (χ2n) is 3.54. The number of hydrogen-bond donors (Lipinski definition) is 1. The molecule has 2 nitrogen and oxygen atoms in total. The molecule has 0 radical (unpaired) electrons. The molecule has 0 fully saturated rings. The van der Waals surface area contributed by atoms with E-state index in [1.807, 2.05) is 26.8 Å². The highest BCUT2D eigenvalue weighted by Crippen LogP contribution is 2.20. The Labute approximate surface area is 81.3 Å². The van der Waals surface area contributed by atoms with Crippen molar-refractivity contribution in [3.8, 4) is 0 Å². The van der Waals surface area contributed by atoms with Crippen LogP contribution in [0.3, 0.4) is 0 Å². The number of halogens is 1. The standard InChI is InChI=1S/C9H13BrN2/c1-6-4-8(9(2,3)11)12-5-7(6)10/h4-5H,11H2,1-3H3. The topological polar surface area (TPSA) is 38.9 Å². The molecule has 0 atom stereocenters. The third-order valence-electron chi connectivity index (χ3n) is 1.71. The third-order valence-corrected chi connectivity index (χ3v) is 2.54. The molecule has 0 aliphatic carbocycles. The fourth-order valence-corrected chi connectivity index (χ4v) is 1.11. The molecule has 0 saturated heterocycles. The minimum Gasteiger partial charge on any atom is -0.321 e. The molecular weight excluding hydrogens is 216 g/mol. The minimum atomic E-state index is -0.356. The van der Waals surface area contributed by atoms with Gasteiger partial charge in [-0.15, -0.1) is 0 Å². The smallest absolute Gasteiger partial charge is 0.0600 e. The summed E-state index contributed by atoms with van der Waals surface area (Å²) < 4.78 is 1.02. The fourth-order valence-electron chi connectivity index (χ4n) is 0.892. The maximum atomic E-state index is 5.90. The van der Waals surface area contributed by atoms with Crippen molar-refractivity contribution in [1.82, 2.24) is 4.98 Å². The van der Waals surface area contributed by atoms with Crippen molar-refractivity contribution in [2.75, 3.05) is 0 Å². The van der Waals surface area contributed by atoms with Crippen molar-refractivity contribution in [1.29, 1.82) is 0 Å². The van der Waals surface area contributed by atoms with Crippen LogP contribution < -0.4 is 5.73 Å². The van der Waals surface area contributed by atoms with Crippen molar-refractivity contribution in [3.63, 3.8) is 0 Å². The first-order chi connectivity index (χ1) is 5.41. The normalized spacial score (nSPS) is 11.8. The molecule has 1 aromatic rings. The zero-order valence-corrected chi connectivity index (χ0v) is 9.14. The molecule has 0 saturated carbocycles. The molecule has 12 heavy (non-hydrogen) atoms. The lowest BCUT2D eigenvalue weighted by molar-refractivity contribution is 0.534. The average Bonchev–Trinajstić information content (AvgIpc) is 1.92. The van der Waals surface area contributed by atoms with Gasteiger partial charge in [-0.25, -0.2) is 0 Å². The van der Waals surface area contributed by atoms with Crippen molar-refractivity contribution in [3.05, 3.63) is 28.0 Å². The molecule has 0 aromatic carbocycles. The monoisotopic (exact) mass is 228 g/mol. The van der Waals surface area contributed by atoms with Crippen molar-refractivity contribution >= 4 is 15.9 Å². The highest BCUT2D eigenvalue weighted by atomic mass is 79.9. The van der Waals surface area contributed by atoms with Gasteiger partial charge in [0, 0.05) is 10.7 Å². The number of aromatic nitrogens is 1. The van der Waals surface area contributed by atoms with Gasteiger partial charge in [-0.3, -0.25) is 4.98 Å². The van der Waals surface area contributed by atoms with Crippen LogP contribution in [-0.4, -0.2) is 4.98 Å². The predicted octanol–water partition coefficient (Wildman–Crippen LogP) is 2.35. The highest BCUT2D eigenvalue weighted by Gasteiger charge is 2.15. The van der Waals surface area contributed by atoms with E-state index in [2.05, 4.69) is 20.9 Å². The lowest BCUT2D eigenvalue weighted by Crippen LogP contribution is -2.29. The van der Waals surface area contributed by atoms with E-state index in [4.69, 9.17) is 5.73 Å². The van der Waals surface area contributed by atoms with Crippen LogP contribution in [0.2, 0.25) is 0 Å². The summed E-state index contributed by atoms with van der Waals surface area (Å²) in [7, 11) is 0. The van der Waals surface area contributed by atoms with Gasteiger partial charge in [0.2, 0.25) is 0 Å². The SMILES string of the molecule is Cc1cc(C(C)(C)N)ncc1Br. The average molecular weight is 229 g/mol. The zero-order chi connectivity index (χ0) is 9.35. The van der Waals surface area contributed by atoms with Gasteiger partial charge < -0.3 is 5.73 Å². The zero-order valence-electron chi connectivity index (χ0n) is 7.56. The number of hydrogen-bond acceptors (Lipinski definition) is 2. The Morgan fingerprint density at radius 1 is 1.50 bits per heavy atom. The van der Waals surface area contributed by atoms with E-state index in [-0.39, 0.29) is 5.54 Å². The van der Waals surface area contributed by atoms with Gasteiger partial charge in [-0.1, -0.05) is 0 Å². The van der Waals surface area contributed by atoms with Crippen LogP contribution in [-0.2, 0) is 5.54 Å². The Hall–Kier alpha value is -0.410. The Balaban J connectivity index is 3.14. The fraction of sp³-hybridized carbons (Fsp3) is 0.444. The van der Waals surface area contributed by atoms with Crippen LogP contribution in [0.5, 0.6) is 0 Å². The molecule has 0 aliphatic rings. The maximum absolute atomic E-state index is 5.90. The van der Waals surface area contributed by atoms with Crippen molar-refractivity contribution < 1.29 is 0 Å². The van der Waals surface area contributed by atoms with Gasteiger partial charge in [0.05, 0.1) is 11.2 Å². The van der Waals surface area contributed by atoms with Crippen LogP contribution in [0, 0.1) is 6.92 Å². The third kappa shape index (κ3) is 2.05. The lowest BCUT2D eigenvalue weighted by atomic mass is 10.0. The number of nitrogens with zero attached hydrogens (tertiary/aromatic N) is 1. The van der Waals surface area contributed by atoms with E-state index in [1.54, 1.807) is 6.20 Å². The molecule has 1 aromatic heterocycles. The van der Waals surface area contributed by atoms with Crippen molar-refractivity contribution in [2.24, 2.45) is 5.73 Å². The van der Waals surface area contributed by atoms with Gasteiger partial charge in [0.25, 0.3) is 0 Å². The van der Waals surface area contributed by atoms with E-state index in [9.17, 15) is 0 Å². The Bertz CT molecular complexity index is 289. The Morgan fingerprint density at radius 2 is 2.08 bits per heavy atom. The number of pyridine rings is 1. The molecule has 0 aliphatic heterocycles. The molecule has 1 heterocycles. The molecule has 0 bridgehead atoms. The van der Waals surface area contributed by atoms with Crippen LogP contribution >= 0.6 is 15.9 Å². The quantitative estimate of drug-likeness (QED) is 0.802. The molecule has 2 N–H and O–H groups in total. The predicted molar refractivity (Wildman–Crippen MR) is 53.9 cm³/mol. The van der Waals surface area contributed by atoms with Gasteiger partial charge in [-0.2, -0.15) is 0 Å². The highest BCUT2D eigenvalue weighted by molar-refractivity contribution is 9.10. The maximum Gasteiger partial charge on any atom is 0.0600 e. The number of rotatable bonds is 1. The minimum absolute atomic E-state index is 0.356. The van der Waals surface area contributed by atoms with Gasteiger partial charge in [0.1, 0.15) is 0 Å². The Morgan fingerprint density at radius 3 is 2.50 bits per heavy atom. The van der Waals surface area contributed by atoms with E-state index in [1.165, 1.54) is 5.56 Å². The Kier molecular flexibility index (Phi) is 2.54. The first kappa shape index (κ1) is 9.68.